The van der Waals surface area contributed by atoms with Crippen LogP contribution in [-0.2, 0) is 13.0 Å². The maximum absolute atomic E-state index is 9.34. The minimum Gasteiger partial charge on any atom is -0.461 e. The molecule has 3 heteroatoms. The molecule has 3 rings (SSSR count). The van der Waals surface area contributed by atoms with Crippen LogP contribution in [0, 0.1) is 0 Å². The highest BCUT2D eigenvalue weighted by molar-refractivity contribution is 5.82. The van der Waals surface area contributed by atoms with E-state index >= 15 is 0 Å². The lowest BCUT2D eigenvalue weighted by Gasteiger charge is -2.14. The van der Waals surface area contributed by atoms with E-state index in [9.17, 15) is 5.11 Å². The van der Waals surface area contributed by atoms with Crippen molar-refractivity contribution in [2.45, 2.75) is 38.3 Å². The van der Waals surface area contributed by atoms with Gasteiger partial charge in [0.05, 0.1) is 6.61 Å². The second-order valence-corrected chi connectivity index (χ2v) is 5.15. The first-order valence-electron chi connectivity index (χ1n) is 6.63. The van der Waals surface area contributed by atoms with Crippen molar-refractivity contribution < 1.29 is 9.52 Å². The van der Waals surface area contributed by atoms with Crippen molar-refractivity contribution in [2.75, 3.05) is 6.61 Å². The van der Waals surface area contributed by atoms with Crippen LogP contribution in [-0.4, -0.2) is 17.3 Å². The normalized spacial score (nSPS) is 17.2. The SMILES string of the molecule is CCc1oc2ccccc2c1CNC1(CO)CC1. The number of furan rings is 1. The lowest BCUT2D eigenvalue weighted by molar-refractivity contribution is 0.229. The number of para-hydroxylation sites is 1. The first kappa shape index (κ1) is 11.8. The van der Waals surface area contributed by atoms with Crippen molar-refractivity contribution in [3.8, 4) is 0 Å². The van der Waals surface area contributed by atoms with Gasteiger partial charge in [0, 0.05) is 29.5 Å². The van der Waals surface area contributed by atoms with Gasteiger partial charge in [-0.2, -0.15) is 0 Å². The Morgan fingerprint density at radius 3 is 2.78 bits per heavy atom. The molecule has 1 heterocycles. The Kier molecular flexibility index (Phi) is 2.88. The number of rotatable bonds is 5. The van der Waals surface area contributed by atoms with Gasteiger partial charge in [0.1, 0.15) is 11.3 Å². The summed E-state index contributed by atoms with van der Waals surface area (Å²) in [6.07, 6.45) is 3.04. The molecule has 1 aromatic carbocycles. The Morgan fingerprint density at radius 2 is 2.11 bits per heavy atom. The van der Waals surface area contributed by atoms with Crippen molar-refractivity contribution in [3.63, 3.8) is 0 Å². The number of fused-ring (bicyclic) bond motifs is 1. The van der Waals surface area contributed by atoms with Gasteiger partial charge in [-0.05, 0) is 18.9 Å². The summed E-state index contributed by atoms with van der Waals surface area (Å²) in [7, 11) is 0. The fourth-order valence-electron chi connectivity index (χ4n) is 2.45. The molecule has 0 bridgehead atoms. The van der Waals surface area contributed by atoms with Gasteiger partial charge in [0.25, 0.3) is 0 Å². The standard InChI is InChI=1S/C15H19NO2/c1-2-13-12(9-16-15(10-17)7-8-15)11-5-3-4-6-14(11)18-13/h3-6,16-17H,2,7-10H2,1H3. The van der Waals surface area contributed by atoms with Gasteiger partial charge in [-0.3, -0.25) is 0 Å². The van der Waals surface area contributed by atoms with Gasteiger partial charge in [-0.25, -0.2) is 0 Å². The summed E-state index contributed by atoms with van der Waals surface area (Å²) < 4.78 is 5.87. The first-order valence-corrected chi connectivity index (χ1v) is 6.63. The Bertz CT molecular complexity index is 555. The molecule has 1 saturated carbocycles. The fraction of sp³-hybridized carbons (Fsp3) is 0.467. The average molecular weight is 245 g/mol. The zero-order valence-corrected chi connectivity index (χ0v) is 10.7. The second-order valence-electron chi connectivity index (χ2n) is 5.15. The van der Waals surface area contributed by atoms with Gasteiger partial charge in [-0.1, -0.05) is 25.1 Å². The van der Waals surface area contributed by atoms with Crippen LogP contribution in [0.25, 0.3) is 11.0 Å². The maximum atomic E-state index is 9.34. The Morgan fingerprint density at radius 1 is 1.33 bits per heavy atom. The first-order chi connectivity index (χ1) is 8.78. The summed E-state index contributed by atoms with van der Waals surface area (Å²) >= 11 is 0. The summed E-state index contributed by atoms with van der Waals surface area (Å²) in [6.45, 7) is 3.12. The second kappa shape index (κ2) is 4.41. The summed E-state index contributed by atoms with van der Waals surface area (Å²) in [4.78, 5) is 0. The molecule has 0 amide bonds. The van der Waals surface area contributed by atoms with E-state index in [1.165, 1.54) is 10.9 Å². The van der Waals surface area contributed by atoms with E-state index in [0.717, 1.165) is 37.2 Å². The van der Waals surface area contributed by atoms with Gasteiger partial charge in [-0.15, -0.1) is 0 Å². The molecule has 2 aromatic rings. The van der Waals surface area contributed by atoms with E-state index in [1.807, 2.05) is 18.2 Å². The van der Waals surface area contributed by atoms with E-state index < -0.39 is 0 Å². The van der Waals surface area contributed by atoms with E-state index in [0.29, 0.717) is 0 Å². The zero-order chi connectivity index (χ0) is 12.6. The molecule has 3 nitrogen and oxygen atoms in total. The van der Waals surface area contributed by atoms with Crippen LogP contribution in [0.15, 0.2) is 28.7 Å². The summed E-state index contributed by atoms with van der Waals surface area (Å²) in [5.74, 6) is 1.05. The lowest BCUT2D eigenvalue weighted by atomic mass is 10.1. The maximum Gasteiger partial charge on any atom is 0.134 e. The van der Waals surface area contributed by atoms with Crippen molar-refractivity contribution in [2.24, 2.45) is 0 Å². The Labute approximate surface area is 107 Å². The third kappa shape index (κ3) is 1.93. The minimum absolute atomic E-state index is 0.0244. The lowest BCUT2D eigenvalue weighted by Crippen LogP contribution is -2.34. The average Bonchev–Trinajstić information content (AvgIpc) is 3.11. The smallest absolute Gasteiger partial charge is 0.134 e. The molecule has 0 unspecified atom stereocenters. The Hall–Kier alpha value is -1.32. The molecule has 0 radical (unpaired) electrons. The van der Waals surface area contributed by atoms with E-state index in [2.05, 4.69) is 18.3 Å². The molecular weight excluding hydrogens is 226 g/mol. The molecule has 1 aliphatic rings. The third-order valence-corrected chi connectivity index (χ3v) is 3.90. The molecule has 1 aliphatic carbocycles. The predicted molar refractivity (Wildman–Crippen MR) is 71.5 cm³/mol. The number of aryl methyl sites for hydroxylation is 1. The highest BCUT2D eigenvalue weighted by Crippen LogP contribution is 2.36. The van der Waals surface area contributed by atoms with Crippen LogP contribution in [0.5, 0.6) is 0 Å². The van der Waals surface area contributed by atoms with Gasteiger partial charge in [0.2, 0.25) is 0 Å². The molecule has 0 saturated heterocycles. The van der Waals surface area contributed by atoms with Crippen LogP contribution in [0.1, 0.15) is 31.1 Å². The van der Waals surface area contributed by atoms with Gasteiger partial charge < -0.3 is 14.8 Å². The minimum atomic E-state index is -0.0244. The van der Waals surface area contributed by atoms with Crippen LogP contribution in [0.3, 0.4) is 0 Å². The quantitative estimate of drug-likeness (QED) is 0.851. The van der Waals surface area contributed by atoms with Crippen LogP contribution in [0.2, 0.25) is 0 Å². The van der Waals surface area contributed by atoms with Crippen LogP contribution < -0.4 is 5.32 Å². The molecule has 2 N–H and O–H groups in total. The van der Waals surface area contributed by atoms with Crippen molar-refractivity contribution in [1.82, 2.24) is 5.32 Å². The molecule has 1 fully saturated rings. The monoisotopic (exact) mass is 245 g/mol. The molecule has 1 aromatic heterocycles. The van der Waals surface area contributed by atoms with Crippen molar-refractivity contribution >= 4 is 11.0 Å². The molecule has 0 spiro atoms. The topological polar surface area (TPSA) is 45.4 Å². The van der Waals surface area contributed by atoms with Crippen LogP contribution >= 0.6 is 0 Å². The van der Waals surface area contributed by atoms with E-state index in [1.54, 1.807) is 0 Å². The molecular formula is C15H19NO2. The molecule has 0 atom stereocenters. The molecule has 96 valence electrons. The number of aliphatic hydroxyl groups is 1. The summed E-state index contributed by atoms with van der Waals surface area (Å²) in [5.41, 5.74) is 2.18. The molecule has 0 aliphatic heterocycles. The van der Waals surface area contributed by atoms with Crippen molar-refractivity contribution in [1.29, 1.82) is 0 Å². The van der Waals surface area contributed by atoms with Crippen LogP contribution in [0.4, 0.5) is 0 Å². The highest BCUT2D eigenvalue weighted by Gasteiger charge is 2.41. The third-order valence-electron chi connectivity index (χ3n) is 3.90. The predicted octanol–water partition coefficient (Wildman–Crippen LogP) is 2.61. The van der Waals surface area contributed by atoms with E-state index in [-0.39, 0.29) is 12.1 Å². The largest absolute Gasteiger partial charge is 0.461 e. The fourth-order valence-corrected chi connectivity index (χ4v) is 2.45. The number of benzene rings is 1. The van der Waals surface area contributed by atoms with Gasteiger partial charge in [0.15, 0.2) is 0 Å². The number of hydrogen-bond donors (Lipinski definition) is 2. The highest BCUT2D eigenvalue weighted by atomic mass is 16.3. The summed E-state index contributed by atoms with van der Waals surface area (Å²) in [6, 6.07) is 8.16. The number of nitrogens with one attached hydrogen (secondary N) is 1. The number of hydrogen-bond acceptors (Lipinski definition) is 3. The van der Waals surface area contributed by atoms with E-state index in [4.69, 9.17) is 4.42 Å². The number of aliphatic hydroxyl groups excluding tert-OH is 1. The zero-order valence-electron chi connectivity index (χ0n) is 10.7. The van der Waals surface area contributed by atoms with Gasteiger partial charge >= 0.3 is 0 Å². The Balaban J connectivity index is 1.89. The summed E-state index contributed by atoms with van der Waals surface area (Å²) in [5, 5.41) is 14.0. The molecule has 18 heavy (non-hydrogen) atoms. The van der Waals surface area contributed by atoms with Crippen molar-refractivity contribution in [3.05, 3.63) is 35.6 Å².